The molecule has 0 radical (unpaired) electrons. The number of aromatic nitrogens is 1. The maximum atomic E-state index is 5.52. The van der Waals surface area contributed by atoms with Crippen LogP contribution in [0.25, 0.3) is 0 Å². The summed E-state index contributed by atoms with van der Waals surface area (Å²) in [7, 11) is 0. The van der Waals surface area contributed by atoms with Crippen molar-refractivity contribution in [2.24, 2.45) is 0 Å². The summed E-state index contributed by atoms with van der Waals surface area (Å²) >= 11 is 4.26. The Morgan fingerprint density at radius 2 is 2.00 bits per heavy atom. The highest BCUT2D eigenvalue weighted by Crippen LogP contribution is 2.12. The Kier molecular flexibility index (Phi) is 2.50. The van der Waals surface area contributed by atoms with Crippen molar-refractivity contribution < 1.29 is 0 Å². The third-order valence-electron chi connectivity index (χ3n) is 0.844. The molecule has 0 amide bonds. The molecule has 0 saturated heterocycles. The Labute approximate surface area is 80.5 Å². The van der Waals surface area contributed by atoms with Gasteiger partial charge in [-0.05, 0) is 57.3 Å². The average Bonchev–Trinajstić information content (AvgIpc) is 1.80. The number of nitrogens with zero attached hydrogens (tertiary/aromatic N) is 1. The topological polar surface area (TPSA) is 38.9 Å². The van der Waals surface area contributed by atoms with Crippen LogP contribution >= 0.6 is 45.2 Å². The lowest BCUT2D eigenvalue weighted by molar-refractivity contribution is 1.23. The summed E-state index contributed by atoms with van der Waals surface area (Å²) in [4.78, 5) is 4.12. The zero-order valence-corrected chi connectivity index (χ0v) is 8.75. The predicted octanol–water partition coefficient (Wildman–Crippen LogP) is 1.87. The highest BCUT2D eigenvalue weighted by atomic mass is 127. The fourth-order valence-electron chi connectivity index (χ4n) is 0.423. The number of nitrogen functional groups attached to an aromatic ring is 1. The number of anilines is 1. The minimum absolute atomic E-state index is 0.746. The molecule has 0 spiro atoms. The van der Waals surface area contributed by atoms with E-state index in [1.807, 2.05) is 12.1 Å². The molecule has 9 heavy (non-hydrogen) atoms. The molecule has 1 heterocycles. The van der Waals surface area contributed by atoms with E-state index in [1.165, 1.54) is 0 Å². The van der Waals surface area contributed by atoms with E-state index >= 15 is 0 Å². The van der Waals surface area contributed by atoms with Crippen LogP contribution in [0.4, 0.5) is 5.69 Å². The van der Waals surface area contributed by atoms with Gasteiger partial charge in [0.05, 0.1) is 5.69 Å². The highest BCUT2D eigenvalue weighted by molar-refractivity contribution is 14.1. The minimum Gasteiger partial charge on any atom is -0.397 e. The Morgan fingerprint density at radius 1 is 1.33 bits per heavy atom. The fraction of sp³-hybridized carbons (Fsp3) is 0. The Balaban J connectivity index is 3.17. The zero-order valence-electron chi connectivity index (χ0n) is 4.44. The van der Waals surface area contributed by atoms with Gasteiger partial charge in [-0.2, -0.15) is 0 Å². The van der Waals surface area contributed by atoms with E-state index in [-0.39, 0.29) is 0 Å². The van der Waals surface area contributed by atoms with Crippen LogP contribution in [0.2, 0.25) is 0 Å². The van der Waals surface area contributed by atoms with Crippen LogP contribution in [0.5, 0.6) is 0 Å². The van der Waals surface area contributed by atoms with Crippen molar-refractivity contribution in [3.8, 4) is 0 Å². The number of rotatable bonds is 0. The molecule has 0 saturated carbocycles. The first kappa shape index (κ1) is 7.52. The molecule has 0 atom stereocenters. The average molecular weight is 346 g/mol. The maximum absolute atomic E-state index is 5.52. The van der Waals surface area contributed by atoms with Gasteiger partial charge in [0.2, 0.25) is 0 Å². The summed E-state index contributed by atoms with van der Waals surface area (Å²) in [6.07, 6.45) is 0. The molecule has 0 aromatic carbocycles. The number of hydrogen-bond donors (Lipinski definition) is 1. The van der Waals surface area contributed by atoms with Gasteiger partial charge in [-0.3, -0.25) is 0 Å². The first-order chi connectivity index (χ1) is 4.20. The quantitative estimate of drug-likeness (QED) is 0.576. The summed E-state index contributed by atoms with van der Waals surface area (Å²) < 4.78 is 1.85. The lowest BCUT2D eigenvalue weighted by atomic mass is 10.4. The van der Waals surface area contributed by atoms with Gasteiger partial charge in [0, 0.05) is 0 Å². The van der Waals surface area contributed by atoms with Gasteiger partial charge in [-0.15, -0.1) is 0 Å². The van der Waals surface area contributed by atoms with Crippen molar-refractivity contribution >= 4 is 50.9 Å². The second-order valence-electron chi connectivity index (χ2n) is 1.51. The van der Waals surface area contributed by atoms with E-state index in [9.17, 15) is 0 Å². The van der Waals surface area contributed by atoms with Crippen LogP contribution < -0.4 is 5.73 Å². The largest absolute Gasteiger partial charge is 0.397 e. The zero-order chi connectivity index (χ0) is 6.85. The van der Waals surface area contributed by atoms with E-state index in [0.29, 0.717) is 0 Å². The van der Waals surface area contributed by atoms with E-state index in [1.54, 1.807) is 0 Å². The SMILES string of the molecule is Nc1ccc(I)nc1I. The monoisotopic (exact) mass is 346 g/mol. The van der Waals surface area contributed by atoms with Crippen molar-refractivity contribution in [2.75, 3.05) is 5.73 Å². The van der Waals surface area contributed by atoms with Gasteiger partial charge in [-0.1, -0.05) is 0 Å². The molecule has 0 aliphatic rings. The van der Waals surface area contributed by atoms with E-state index in [2.05, 4.69) is 50.2 Å². The van der Waals surface area contributed by atoms with Gasteiger partial charge >= 0.3 is 0 Å². The Bertz CT molecular complexity index is 224. The molecule has 0 fully saturated rings. The molecule has 0 bridgehead atoms. The second kappa shape index (κ2) is 3.00. The first-order valence-electron chi connectivity index (χ1n) is 2.27. The Morgan fingerprint density at radius 3 is 2.44 bits per heavy atom. The Hall–Kier alpha value is 0.410. The summed E-state index contributed by atoms with van der Waals surface area (Å²) in [5.41, 5.74) is 6.26. The van der Waals surface area contributed by atoms with Crippen LogP contribution in [0, 0.1) is 7.40 Å². The van der Waals surface area contributed by atoms with Crippen molar-refractivity contribution in [3.05, 3.63) is 19.5 Å². The van der Waals surface area contributed by atoms with Crippen LogP contribution in [0.1, 0.15) is 0 Å². The molecular formula is C5H4I2N2. The van der Waals surface area contributed by atoms with Crippen LogP contribution in [-0.4, -0.2) is 4.98 Å². The number of pyridine rings is 1. The molecule has 2 nitrogen and oxygen atoms in total. The maximum Gasteiger partial charge on any atom is 0.125 e. The third-order valence-corrected chi connectivity index (χ3v) is 2.31. The first-order valence-corrected chi connectivity index (χ1v) is 4.43. The predicted molar refractivity (Wildman–Crippen MR) is 54.1 cm³/mol. The third kappa shape index (κ3) is 1.92. The lowest BCUT2D eigenvalue weighted by Crippen LogP contribution is -1.92. The van der Waals surface area contributed by atoms with Gasteiger partial charge in [0.25, 0.3) is 0 Å². The molecule has 48 valence electrons. The van der Waals surface area contributed by atoms with Crippen molar-refractivity contribution in [2.45, 2.75) is 0 Å². The molecule has 4 heteroatoms. The molecule has 1 aromatic rings. The smallest absolute Gasteiger partial charge is 0.125 e. The molecule has 2 N–H and O–H groups in total. The van der Waals surface area contributed by atoms with Crippen LogP contribution in [0.3, 0.4) is 0 Å². The van der Waals surface area contributed by atoms with Crippen molar-refractivity contribution in [1.82, 2.24) is 4.98 Å². The lowest BCUT2D eigenvalue weighted by Gasteiger charge is -1.94. The van der Waals surface area contributed by atoms with Gasteiger partial charge in [0.15, 0.2) is 0 Å². The molecule has 1 rings (SSSR count). The van der Waals surface area contributed by atoms with E-state index < -0.39 is 0 Å². The van der Waals surface area contributed by atoms with Crippen molar-refractivity contribution in [3.63, 3.8) is 0 Å². The van der Waals surface area contributed by atoms with Gasteiger partial charge in [0.1, 0.15) is 7.40 Å². The minimum atomic E-state index is 0.746. The van der Waals surface area contributed by atoms with Crippen LogP contribution in [-0.2, 0) is 0 Å². The fourth-order valence-corrected chi connectivity index (χ4v) is 1.75. The number of nitrogens with two attached hydrogens (primary N) is 1. The highest BCUT2D eigenvalue weighted by Gasteiger charge is 1.94. The molecule has 0 aliphatic heterocycles. The summed E-state index contributed by atoms with van der Waals surface area (Å²) in [5, 5.41) is 0. The standard InChI is InChI=1S/C5H4I2N2/c6-4-2-1-3(8)5(7)9-4/h1-2H,8H2. The van der Waals surface area contributed by atoms with E-state index in [4.69, 9.17) is 5.73 Å². The number of halogens is 2. The molecule has 1 aromatic heterocycles. The van der Waals surface area contributed by atoms with Gasteiger partial charge in [-0.25, -0.2) is 4.98 Å². The molecule has 0 unspecified atom stereocenters. The van der Waals surface area contributed by atoms with E-state index in [0.717, 1.165) is 13.1 Å². The van der Waals surface area contributed by atoms with Crippen molar-refractivity contribution in [1.29, 1.82) is 0 Å². The summed E-state index contributed by atoms with van der Waals surface area (Å²) in [6, 6.07) is 3.74. The van der Waals surface area contributed by atoms with Gasteiger partial charge < -0.3 is 5.73 Å². The molecule has 0 aliphatic carbocycles. The normalized spacial score (nSPS) is 9.56. The summed E-state index contributed by atoms with van der Waals surface area (Å²) in [6.45, 7) is 0. The number of hydrogen-bond acceptors (Lipinski definition) is 2. The summed E-state index contributed by atoms with van der Waals surface area (Å²) in [5.74, 6) is 0. The van der Waals surface area contributed by atoms with Crippen LogP contribution in [0.15, 0.2) is 12.1 Å². The molecular weight excluding hydrogens is 342 g/mol. The second-order valence-corrected chi connectivity index (χ2v) is 3.64.